The minimum Gasteiger partial charge on any atom is -0.294 e. The zero-order valence-electron chi connectivity index (χ0n) is 7.92. The summed E-state index contributed by atoms with van der Waals surface area (Å²) < 4.78 is 0. The summed E-state index contributed by atoms with van der Waals surface area (Å²) in [6, 6.07) is 9.30. The van der Waals surface area contributed by atoms with Crippen molar-refractivity contribution in [3.05, 3.63) is 52.5 Å². The van der Waals surface area contributed by atoms with Gasteiger partial charge in [0.2, 0.25) is 0 Å². The highest BCUT2D eigenvalue weighted by molar-refractivity contribution is 7.09. The molecule has 0 spiro atoms. The van der Waals surface area contributed by atoms with Gasteiger partial charge >= 0.3 is 0 Å². The minimum atomic E-state index is 0. The van der Waals surface area contributed by atoms with Crippen molar-refractivity contribution in [1.29, 1.82) is 0 Å². The first-order valence-corrected chi connectivity index (χ1v) is 5.21. The number of hydrogen-bond acceptors (Lipinski definition) is 3. The second kappa shape index (κ2) is 5.63. The Bertz CT molecular complexity index is 413. The van der Waals surface area contributed by atoms with E-state index in [-0.39, 0.29) is 18.2 Å². The van der Waals surface area contributed by atoms with Crippen LogP contribution >= 0.6 is 23.7 Å². The molecule has 0 unspecified atom stereocenters. The van der Waals surface area contributed by atoms with E-state index < -0.39 is 0 Å². The summed E-state index contributed by atoms with van der Waals surface area (Å²) in [6.45, 7) is 0. The van der Waals surface area contributed by atoms with Crippen LogP contribution in [0.3, 0.4) is 0 Å². The molecule has 2 nitrogen and oxygen atoms in total. The highest BCUT2D eigenvalue weighted by Crippen LogP contribution is 2.09. The summed E-state index contributed by atoms with van der Waals surface area (Å²) in [6.07, 6.45) is 2.12. The molecule has 0 aliphatic heterocycles. The minimum absolute atomic E-state index is 0. The number of nitrogens with zero attached hydrogens (tertiary/aromatic N) is 1. The smallest absolute Gasteiger partial charge is 0.169 e. The Labute approximate surface area is 98.4 Å². The van der Waals surface area contributed by atoms with Gasteiger partial charge in [-0.05, 0) is 0 Å². The molecule has 1 aromatic heterocycles. The molecule has 0 aliphatic rings. The summed E-state index contributed by atoms with van der Waals surface area (Å²) in [5.41, 5.74) is 0.752. The molecule has 4 heteroatoms. The molecule has 2 rings (SSSR count). The first-order valence-electron chi connectivity index (χ1n) is 4.33. The number of hydrogen-bond donors (Lipinski definition) is 0. The van der Waals surface area contributed by atoms with Crippen LogP contribution in [0, 0.1) is 0 Å². The van der Waals surface area contributed by atoms with Crippen LogP contribution in [0.4, 0.5) is 0 Å². The van der Waals surface area contributed by atoms with Crippen LogP contribution in [0.25, 0.3) is 0 Å². The van der Waals surface area contributed by atoms with Gasteiger partial charge in [-0.25, -0.2) is 4.98 Å². The maximum atomic E-state index is 11.7. The third kappa shape index (κ3) is 3.15. The first kappa shape index (κ1) is 11.9. The Balaban J connectivity index is 0.00000112. The maximum absolute atomic E-state index is 11.7. The van der Waals surface area contributed by atoms with Gasteiger partial charge in [0.05, 0.1) is 6.42 Å². The Morgan fingerprint density at radius 3 is 2.60 bits per heavy atom. The highest BCUT2D eigenvalue weighted by atomic mass is 35.5. The third-order valence-corrected chi connectivity index (χ3v) is 2.67. The number of halogens is 1. The summed E-state index contributed by atoms with van der Waals surface area (Å²) in [7, 11) is 0. The molecule has 0 saturated heterocycles. The standard InChI is InChI=1S/C11H9NOS.ClH/c13-10(8-11-12-6-7-14-11)9-4-2-1-3-5-9;/h1-7H,8H2;1H. The van der Waals surface area contributed by atoms with Crippen LogP contribution in [-0.2, 0) is 6.42 Å². The van der Waals surface area contributed by atoms with Crippen molar-refractivity contribution < 1.29 is 4.79 Å². The van der Waals surface area contributed by atoms with Gasteiger partial charge in [-0.3, -0.25) is 4.79 Å². The molecule has 1 aromatic carbocycles. The van der Waals surface area contributed by atoms with Crippen LogP contribution in [0.2, 0.25) is 0 Å². The Morgan fingerprint density at radius 1 is 1.27 bits per heavy atom. The van der Waals surface area contributed by atoms with Crippen LogP contribution in [0.1, 0.15) is 15.4 Å². The van der Waals surface area contributed by atoms with E-state index in [1.807, 2.05) is 35.7 Å². The van der Waals surface area contributed by atoms with E-state index in [1.54, 1.807) is 6.20 Å². The number of benzene rings is 1. The molecule has 0 atom stereocenters. The van der Waals surface area contributed by atoms with Gasteiger partial charge in [-0.1, -0.05) is 30.3 Å². The Kier molecular flexibility index (Phi) is 4.46. The van der Waals surface area contributed by atoms with Crippen molar-refractivity contribution in [2.24, 2.45) is 0 Å². The highest BCUT2D eigenvalue weighted by Gasteiger charge is 2.07. The zero-order chi connectivity index (χ0) is 9.80. The van der Waals surface area contributed by atoms with Crippen molar-refractivity contribution in [3.8, 4) is 0 Å². The number of carbonyl (C=O) groups is 1. The molecule has 1 heterocycles. The number of rotatable bonds is 3. The quantitative estimate of drug-likeness (QED) is 0.771. The number of aromatic nitrogens is 1. The predicted molar refractivity (Wildman–Crippen MR) is 63.8 cm³/mol. The van der Waals surface area contributed by atoms with E-state index in [2.05, 4.69) is 4.98 Å². The molecular formula is C11H10ClNOS. The van der Waals surface area contributed by atoms with E-state index >= 15 is 0 Å². The van der Waals surface area contributed by atoms with Gasteiger partial charge in [0.1, 0.15) is 5.01 Å². The first-order chi connectivity index (χ1) is 6.86. The van der Waals surface area contributed by atoms with E-state index in [0.717, 1.165) is 10.6 Å². The monoisotopic (exact) mass is 239 g/mol. The molecule has 0 saturated carbocycles. The molecule has 0 fully saturated rings. The fourth-order valence-electron chi connectivity index (χ4n) is 1.20. The largest absolute Gasteiger partial charge is 0.294 e. The molecule has 0 amide bonds. The Morgan fingerprint density at radius 2 is 2.00 bits per heavy atom. The van der Waals surface area contributed by atoms with E-state index in [1.165, 1.54) is 11.3 Å². The lowest BCUT2D eigenvalue weighted by atomic mass is 10.1. The second-order valence-corrected chi connectivity index (χ2v) is 3.87. The fourth-order valence-corrected chi connectivity index (χ4v) is 1.82. The van der Waals surface area contributed by atoms with Crippen LogP contribution < -0.4 is 0 Å². The summed E-state index contributed by atoms with van der Waals surface area (Å²) in [5, 5.41) is 2.76. The fraction of sp³-hybridized carbons (Fsp3) is 0.0909. The molecule has 0 N–H and O–H groups in total. The van der Waals surface area contributed by atoms with Crippen molar-refractivity contribution in [1.82, 2.24) is 4.98 Å². The van der Waals surface area contributed by atoms with Crippen LogP contribution in [0.15, 0.2) is 41.9 Å². The van der Waals surface area contributed by atoms with Crippen molar-refractivity contribution in [2.45, 2.75) is 6.42 Å². The molecule has 2 aromatic rings. The van der Waals surface area contributed by atoms with E-state index in [0.29, 0.717) is 6.42 Å². The van der Waals surface area contributed by atoms with Crippen LogP contribution in [-0.4, -0.2) is 10.8 Å². The number of thiazole rings is 1. The molecule has 0 radical (unpaired) electrons. The summed E-state index contributed by atoms with van der Waals surface area (Å²) in [4.78, 5) is 15.8. The van der Waals surface area contributed by atoms with Crippen molar-refractivity contribution in [3.63, 3.8) is 0 Å². The van der Waals surface area contributed by atoms with Gasteiger partial charge in [-0.2, -0.15) is 0 Å². The average molecular weight is 240 g/mol. The topological polar surface area (TPSA) is 30.0 Å². The van der Waals surface area contributed by atoms with Gasteiger partial charge in [0, 0.05) is 17.1 Å². The Hall–Kier alpha value is -1.19. The van der Waals surface area contributed by atoms with Crippen LogP contribution in [0.5, 0.6) is 0 Å². The predicted octanol–water partition coefficient (Wildman–Crippen LogP) is 2.99. The maximum Gasteiger partial charge on any atom is 0.169 e. The molecular weight excluding hydrogens is 230 g/mol. The van der Waals surface area contributed by atoms with Gasteiger partial charge in [-0.15, -0.1) is 23.7 Å². The lowest BCUT2D eigenvalue weighted by molar-refractivity contribution is 0.0993. The SMILES string of the molecule is Cl.O=C(Cc1nccs1)c1ccccc1. The van der Waals surface area contributed by atoms with E-state index in [9.17, 15) is 4.79 Å². The number of ketones is 1. The van der Waals surface area contributed by atoms with Gasteiger partial charge in [0.15, 0.2) is 5.78 Å². The van der Waals surface area contributed by atoms with E-state index in [4.69, 9.17) is 0 Å². The number of carbonyl (C=O) groups excluding carboxylic acids is 1. The number of Topliss-reactive ketones (excluding diaryl/α,β-unsaturated/α-hetero) is 1. The van der Waals surface area contributed by atoms with Gasteiger partial charge < -0.3 is 0 Å². The molecule has 0 bridgehead atoms. The molecule has 0 aliphatic carbocycles. The second-order valence-electron chi connectivity index (χ2n) is 2.89. The zero-order valence-corrected chi connectivity index (χ0v) is 9.55. The molecule has 78 valence electrons. The lowest BCUT2D eigenvalue weighted by Gasteiger charge is -1.96. The summed E-state index contributed by atoms with van der Waals surface area (Å²) in [5.74, 6) is 0.126. The third-order valence-electron chi connectivity index (χ3n) is 1.89. The molecule has 15 heavy (non-hydrogen) atoms. The summed E-state index contributed by atoms with van der Waals surface area (Å²) >= 11 is 1.51. The van der Waals surface area contributed by atoms with Gasteiger partial charge in [0.25, 0.3) is 0 Å². The average Bonchev–Trinajstić information content (AvgIpc) is 2.72. The lowest BCUT2D eigenvalue weighted by Crippen LogP contribution is -2.02. The van der Waals surface area contributed by atoms with Crippen molar-refractivity contribution in [2.75, 3.05) is 0 Å². The van der Waals surface area contributed by atoms with Crippen molar-refractivity contribution >= 4 is 29.5 Å². The normalized spacial score (nSPS) is 9.33.